The largest absolute Gasteiger partial charge is 0.475 e. The molecular weight excluding hydrogens is 295 g/mol. The molecule has 9 heteroatoms. The molecule has 2 saturated heterocycles. The second kappa shape index (κ2) is 6.98. The SMILES string of the molecule is OC[C@H]1OCC[C@H]1O[P+](O)(S)OC[C@H]1OCC[C@H]1O. The van der Waals surface area contributed by atoms with E-state index in [2.05, 4.69) is 12.2 Å². The van der Waals surface area contributed by atoms with E-state index in [0.29, 0.717) is 26.1 Å². The molecule has 0 saturated carbocycles. The van der Waals surface area contributed by atoms with Crippen molar-refractivity contribution in [1.29, 1.82) is 0 Å². The summed E-state index contributed by atoms with van der Waals surface area (Å²) in [6, 6.07) is 0. The molecule has 2 fully saturated rings. The predicted octanol–water partition coefficient (Wildman–Crippen LogP) is -0.0811. The summed E-state index contributed by atoms with van der Waals surface area (Å²) in [6.45, 7) is 0.784. The minimum Gasteiger partial charge on any atom is -0.394 e. The molecule has 112 valence electrons. The molecule has 2 heterocycles. The van der Waals surface area contributed by atoms with Crippen LogP contribution in [0.25, 0.3) is 0 Å². The maximum atomic E-state index is 9.99. The van der Waals surface area contributed by atoms with Gasteiger partial charge in [0.1, 0.15) is 24.9 Å². The number of thiol groups is 1. The van der Waals surface area contributed by atoms with E-state index >= 15 is 0 Å². The first-order valence-corrected chi connectivity index (χ1v) is 8.94. The highest BCUT2D eigenvalue weighted by molar-refractivity contribution is 8.47. The van der Waals surface area contributed by atoms with Crippen LogP contribution in [-0.2, 0) is 18.5 Å². The molecule has 0 aromatic carbocycles. The van der Waals surface area contributed by atoms with Crippen molar-refractivity contribution < 1.29 is 33.6 Å². The fourth-order valence-corrected chi connectivity index (χ4v) is 3.65. The Balaban J connectivity index is 1.77. The standard InChI is InChI=1S/C10H20O7PS/c11-5-9-8(2-4-14-9)17-18(13,19)16-6-10-7(12)1-3-15-10/h7-13,19H,1-6H2/q+1/t7-,8-,9-,10-,18?/m1/s1. The van der Waals surface area contributed by atoms with Gasteiger partial charge >= 0.3 is 7.15 Å². The molecule has 0 amide bonds. The van der Waals surface area contributed by atoms with Gasteiger partial charge in [0.25, 0.3) is 0 Å². The van der Waals surface area contributed by atoms with Crippen molar-refractivity contribution in [3.8, 4) is 0 Å². The Bertz CT molecular complexity index is 293. The van der Waals surface area contributed by atoms with Crippen molar-refractivity contribution >= 4 is 19.4 Å². The lowest BCUT2D eigenvalue weighted by atomic mass is 10.2. The Morgan fingerprint density at radius 2 is 1.89 bits per heavy atom. The molecule has 7 nitrogen and oxygen atoms in total. The smallest absolute Gasteiger partial charge is 0.394 e. The number of aliphatic hydroxyl groups is 2. The second-order valence-corrected chi connectivity index (χ2v) is 7.54. The van der Waals surface area contributed by atoms with Gasteiger partial charge in [-0.3, -0.25) is 0 Å². The average molecular weight is 315 g/mol. The van der Waals surface area contributed by atoms with Crippen molar-refractivity contribution in [1.82, 2.24) is 0 Å². The van der Waals surface area contributed by atoms with Gasteiger partial charge in [0, 0.05) is 19.6 Å². The number of hydrogen-bond donors (Lipinski definition) is 4. The minimum atomic E-state index is -3.31. The van der Waals surface area contributed by atoms with Crippen LogP contribution in [-0.4, -0.2) is 65.9 Å². The van der Waals surface area contributed by atoms with Gasteiger partial charge in [-0.25, -0.2) is 0 Å². The lowest BCUT2D eigenvalue weighted by Gasteiger charge is -2.20. The van der Waals surface area contributed by atoms with Crippen LogP contribution < -0.4 is 0 Å². The predicted molar refractivity (Wildman–Crippen MR) is 70.8 cm³/mol. The maximum absolute atomic E-state index is 9.99. The zero-order valence-corrected chi connectivity index (χ0v) is 12.2. The second-order valence-electron chi connectivity index (χ2n) is 4.58. The molecule has 0 radical (unpaired) electrons. The molecule has 2 aliphatic heterocycles. The Labute approximate surface area is 117 Å². The molecule has 0 bridgehead atoms. The average Bonchev–Trinajstić information content (AvgIpc) is 2.95. The first-order chi connectivity index (χ1) is 9.02. The van der Waals surface area contributed by atoms with E-state index in [9.17, 15) is 10.00 Å². The molecule has 19 heavy (non-hydrogen) atoms. The van der Waals surface area contributed by atoms with Crippen LogP contribution in [0.3, 0.4) is 0 Å². The van der Waals surface area contributed by atoms with Crippen molar-refractivity contribution in [2.24, 2.45) is 0 Å². The van der Waals surface area contributed by atoms with Gasteiger partial charge in [-0.1, -0.05) is 0 Å². The van der Waals surface area contributed by atoms with Crippen molar-refractivity contribution in [2.45, 2.75) is 37.3 Å². The highest BCUT2D eigenvalue weighted by Crippen LogP contribution is 2.63. The molecular formula is C10H20O7PS+. The number of rotatable bonds is 6. The van der Waals surface area contributed by atoms with Gasteiger partial charge in [-0.2, -0.15) is 13.9 Å². The van der Waals surface area contributed by atoms with Gasteiger partial charge in [0.05, 0.1) is 25.0 Å². The summed E-state index contributed by atoms with van der Waals surface area (Å²) in [6.07, 6.45) is -0.823. The van der Waals surface area contributed by atoms with Crippen LogP contribution in [0, 0.1) is 0 Å². The first kappa shape index (κ1) is 15.9. The highest BCUT2D eigenvalue weighted by atomic mass is 32.7. The lowest BCUT2D eigenvalue weighted by molar-refractivity contribution is -0.0110. The summed E-state index contributed by atoms with van der Waals surface area (Å²) >= 11 is 3.99. The quantitative estimate of drug-likeness (QED) is 0.402. The minimum absolute atomic E-state index is 0.0202. The molecule has 0 aromatic rings. The maximum Gasteiger partial charge on any atom is 0.475 e. The number of hydrogen-bond acceptors (Lipinski definition) is 8. The van der Waals surface area contributed by atoms with Crippen LogP contribution in [0.5, 0.6) is 0 Å². The van der Waals surface area contributed by atoms with Crippen LogP contribution in [0.2, 0.25) is 0 Å². The Hall–Kier alpha value is 0.500. The van der Waals surface area contributed by atoms with E-state index in [1.165, 1.54) is 0 Å². The molecule has 0 aliphatic carbocycles. The fraction of sp³-hybridized carbons (Fsp3) is 1.00. The van der Waals surface area contributed by atoms with E-state index < -0.39 is 31.6 Å². The Morgan fingerprint density at radius 1 is 1.21 bits per heavy atom. The summed E-state index contributed by atoms with van der Waals surface area (Å²) in [5.74, 6) is 0. The van der Waals surface area contributed by atoms with Crippen molar-refractivity contribution in [3.63, 3.8) is 0 Å². The molecule has 0 aromatic heterocycles. The van der Waals surface area contributed by atoms with Gasteiger partial charge in [-0.15, -0.1) is 0 Å². The van der Waals surface area contributed by atoms with E-state index in [0.717, 1.165) is 0 Å². The highest BCUT2D eigenvalue weighted by Gasteiger charge is 2.46. The number of ether oxygens (including phenoxy) is 2. The summed E-state index contributed by atoms with van der Waals surface area (Å²) in [5, 5.41) is 18.6. The molecule has 2 rings (SSSR count). The first-order valence-electron chi connectivity index (χ1n) is 6.21. The van der Waals surface area contributed by atoms with Crippen LogP contribution >= 0.6 is 19.4 Å². The van der Waals surface area contributed by atoms with Gasteiger partial charge in [0.2, 0.25) is 0 Å². The van der Waals surface area contributed by atoms with Crippen LogP contribution in [0.15, 0.2) is 0 Å². The van der Waals surface area contributed by atoms with E-state index in [-0.39, 0.29) is 13.2 Å². The van der Waals surface area contributed by atoms with Crippen LogP contribution in [0.1, 0.15) is 12.8 Å². The summed E-state index contributed by atoms with van der Waals surface area (Å²) < 4.78 is 21.1. The van der Waals surface area contributed by atoms with E-state index in [1.807, 2.05) is 0 Å². The Kier molecular flexibility index (Phi) is 5.83. The zero-order chi connectivity index (χ0) is 13.9. The normalized spacial score (nSPS) is 38.5. The third-order valence-corrected chi connectivity index (χ3v) is 4.84. The molecule has 0 spiro atoms. The molecule has 1 unspecified atom stereocenters. The summed E-state index contributed by atoms with van der Waals surface area (Å²) in [5.41, 5.74) is 0. The van der Waals surface area contributed by atoms with Crippen molar-refractivity contribution in [3.05, 3.63) is 0 Å². The summed E-state index contributed by atoms with van der Waals surface area (Å²) in [7, 11) is -3.31. The molecule has 2 aliphatic rings. The molecule has 3 N–H and O–H groups in total. The monoisotopic (exact) mass is 315 g/mol. The van der Waals surface area contributed by atoms with Crippen molar-refractivity contribution in [2.75, 3.05) is 26.4 Å². The van der Waals surface area contributed by atoms with Gasteiger partial charge in [-0.05, 0) is 6.42 Å². The lowest BCUT2D eigenvalue weighted by Crippen LogP contribution is -2.29. The Morgan fingerprint density at radius 3 is 2.53 bits per heavy atom. The fourth-order valence-electron chi connectivity index (χ4n) is 2.09. The zero-order valence-electron chi connectivity index (χ0n) is 10.4. The topological polar surface area (TPSA) is 97.6 Å². The van der Waals surface area contributed by atoms with E-state index in [1.54, 1.807) is 0 Å². The van der Waals surface area contributed by atoms with Gasteiger partial charge in [0.15, 0.2) is 0 Å². The van der Waals surface area contributed by atoms with Crippen LogP contribution in [0.4, 0.5) is 0 Å². The summed E-state index contributed by atoms with van der Waals surface area (Å²) in [4.78, 5) is 9.99. The van der Waals surface area contributed by atoms with E-state index in [4.69, 9.17) is 23.6 Å². The van der Waals surface area contributed by atoms with Gasteiger partial charge < -0.3 is 19.7 Å². The third-order valence-electron chi connectivity index (χ3n) is 3.18. The number of aliphatic hydroxyl groups excluding tert-OH is 2. The third kappa shape index (κ3) is 4.49. The molecule has 5 atom stereocenters.